The fourth-order valence-corrected chi connectivity index (χ4v) is 2.20. The predicted molar refractivity (Wildman–Crippen MR) is 68.8 cm³/mol. The van der Waals surface area contributed by atoms with Gasteiger partial charge in [0, 0.05) is 13.1 Å². The molecule has 8 heteroatoms. The second kappa shape index (κ2) is 6.97. The Hall–Kier alpha value is -1.99. The minimum atomic E-state index is -0.610. The van der Waals surface area contributed by atoms with Crippen LogP contribution < -0.4 is 0 Å². The van der Waals surface area contributed by atoms with Gasteiger partial charge in [-0.2, -0.15) is 0 Å². The highest BCUT2D eigenvalue weighted by Gasteiger charge is 2.21. The van der Waals surface area contributed by atoms with Crippen LogP contribution in [-0.2, 0) is 16.1 Å². The number of carbonyl (C=O) groups is 2. The molecule has 1 fully saturated rings. The van der Waals surface area contributed by atoms with Crippen molar-refractivity contribution >= 4 is 11.9 Å². The van der Waals surface area contributed by atoms with Gasteiger partial charge >= 0.3 is 5.97 Å². The van der Waals surface area contributed by atoms with E-state index in [1.807, 2.05) is 4.90 Å². The molecule has 0 saturated carbocycles. The van der Waals surface area contributed by atoms with Gasteiger partial charge < -0.3 is 9.64 Å². The van der Waals surface area contributed by atoms with Gasteiger partial charge in [-0.1, -0.05) is 12.8 Å². The van der Waals surface area contributed by atoms with Crippen LogP contribution in [0.2, 0.25) is 0 Å². The number of hydrogen-bond acceptors (Lipinski definition) is 6. The molecule has 8 nitrogen and oxygen atoms in total. The van der Waals surface area contributed by atoms with Crippen LogP contribution in [0.5, 0.6) is 0 Å². The molecule has 1 saturated heterocycles. The number of hydrogen-bond donors (Lipinski definition) is 0. The average molecular weight is 281 g/mol. The van der Waals surface area contributed by atoms with Crippen LogP contribution in [-0.4, -0.2) is 56.7 Å². The summed E-state index contributed by atoms with van der Waals surface area (Å²) in [6.07, 6.45) is 4.35. The zero-order chi connectivity index (χ0) is 14.4. The third-order valence-corrected chi connectivity index (χ3v) is 3.23. The molecule has 20 heavy (non-hydrogen) atoms. The standard InChI is InChI=1S/C12H19N5O3/c1-2-20-12(19)11-13-14-15-17(11)9-10(18)16-7-5-3-4-6-8-16/h2-9H2,1H3. The van der Waals surface area contributed by atoms with E-state index in [1.165, 1.54) is 4.68 Å². The molecule has 0 radical (unpaired) electrons. The SMILES string of the molecule is CCOC(=O)c1nnnn1CC(=O)N1CCCCCC1. The number of nitrogens with zero attached hydrogens (tertiary/aromatic N) is 5. The molecule has 1 aromatic heterocycles. The first-order valence-corrected chi connectivity index (χ1v) is 6.93. The van der Waals surface area contributed by atoms with E-state index in [-0.39, 0.29) is 24.9 Å². The van der Waals surface area contributed by atoms with E-state index in [0.717, 1.165) is 38.8 Å². The second-order valence-electron chi connectivity index (χ2n) is 4.68. The molecule has 2 rings (SSSR count). The summed E-state index contributed by atoms with van der Waals surface area (Å²) in [4.78, 5) is 25.6. The summed E-state index contributed by atoms with van der Waals surface area (Å²) in [5.41, 5.74) is 0. The van der Waals surface area contributed by atoms with Crippen LogP contribution in [0.3, 0.4) is 0 Å². The number of ether oxygens (including phenoxy) is 1. The summed E-state index contributed by atoms with van der Waals surface area (Å²) in [6, 6.07) is 0. The van der Waals surface area contributed by atoms with Gasteiger partial charge in [0.1, 0.15) is 6.54 Å². The average Bonchev–Trinajstić information content (AvgIpc) is 2.72. The largest absolute Gasteiger partial charge is 0.460 e. The van der Waals surface area contributed by atoms with Crippen molar-refractivity contribution in [3.8, 4) is 0 Å². The maximum atomic E-state index is 12.2. The molecule has 1 amide bonds. The number of likely N-dealkylation sites (tertiary alicyclic amines) is 1. The lowest BCUT2D eigenvalue weighted by atomic mass is 10.2. The first-order chi connectivity index (χ1) is 9.72. The molecule has 0 spiro atoms. The quantitative estimate of drug-likeness (QED) is 0.735. The Morgan fingerprint density at radius 1 is 1.20 bits per heavy atom. The van der Waals surface area contributed by atoms with E-state index < -0.39 is 5.97 Å². The zero-order valence-corrected chi connectivity index (χ0v) is 11.6. The van der Waals surface area contributed by atoms with Gasteiger partial charge in [-0.25, -0.2) is 9.48 Å². The van der Waals surface area contributed by atoms with Crippen molar-refractivity contribution < 1.29 is 14.3 Å². The highest BCUT2D eigenvalue weighted by atomic mass is 16.5. The zero-order valence-electron chi connectivity index (χ0n) is 11.6. The molecule has 0 unspecified atom stereocenters. The summed E-state index contributed by atoms with van der Waals surface area (Å²) in [5, 5.41) is 10.7. The van der Waals surface area contributed by atoms with Crippen LogP contribution in [0.4, 0.5) is 0 Å². The molecule has 1 aliphatic heterocycles. The summed E-state index contributed by atoms with van der Waals surface area (Å²) >= 11 is 0. The Bertz CT molecular complexity index is 465. The lowest BCUT2D eigenvalue weighted by molar-refractivity contribution is -0.132. The van der Waals surface area contributed by atoms with E-state index in [4.69, 9.17) is 4.74 Å². The molecule has 0 atom stereocenters. The number of aromatic nitrogens is 4. The van der Waals surface area contributed by atoms with Crippen molar-refractivity contribution in [2.45, 2.75) is 39.2 Å². The molecule has 1 aromatic rings. The smallest absolute Gasteiger partial charge is 0.378 e. The summed E-state index contributed by atoms with van der Waals surface area (Å²) in [6.45, 7) is 3.44. The maximum Gasteiger partial charge on any atom is 0.378 e. The van der Waals surface area contributed by atoms with Crippen LogP contribution >= 0.6 is 0 Å². The summed E-state index contributed by atoms with van der Waals surface area (Å²) in [5.74, 6) is -0.707. The Morgan fingerprint density at radius 3 is 2.55 bits per heavy atom. The molecular weight excluding hydrogens is 262 g/mol. The monoisotopic (exact) mass is 281 g/mol. The fraction of sp³-hybridized carbons (Fsp3) is 0.750. The Labute approximate surface area is 117 Å². The normalized spacial score (nSPS) is 15.8. The van der Waals surface area contributed by atoms with Crippen molar-refractivity contribution in [3.63, 3.8) is 0 Å². The third-order valence-electron chi connectivity index (χ3n) is 3.23. The Balaban J connectivity index is 2.00. The number of esters is 1. The third kappa shape index (κ3) is 3.52. The molecule has 2 heterocycles. The maximum absolute atomic E-state index is 12.2. The highest BCUT2D eigenvalue weighted by Crippen LogP contribution is 2.10. The first kappa shape index (κ1) is 14.4. The van der Waals surface area contributed by atoms with Crippen molar-refractivity contribution in [1.29, 1.82) is 0 Å². The minimum Gasteiger partial charge on any atom is -0.460 e. The summed E-state index contributed by atoms with van der Waals surface area (Å²) < 4.78 is 6.05. The molecule has 1 aliphatic rings. The first-order valence-electron chi connectivity index (χ1n) is 6.93. The number of carbonyl (C=O) groups excluding carboxylic acids is 2. The van der Waals surface area contributed by atoms with Gasteiger partial charge in [0.15, 0.2) is 0 Å². The molecular formula is C12H19N5O3. The van der Waals surface area contributed by atoms with Crippen molar-refractivity contribution in [2.24, 2.45) is 0 Å². The summed E-state index contributed by atoms with van der Waals surface area (Å²) in [7, 11) is 0. The minimum absolute atomic E-state index is 0.0266. The number of tetrazole rings is 1. The molecule has 0 N–H and O–H groups in total. The lowest BCUT2D eigenvalue weighted by Gasteiger charge is -2.20. The Kier molecular flexibility index (Phi) is 5.03. The molecule has 0 aliphatic carbocycles. The van der Waals surface area contributed by atoms with E-state index in [0.29, 0.717) is 0 Å². The van der Waals surface area contributed by atoms with Crippen molar-refractivity contribution in [1.82, 2.24) is 25.1 Å². The van der Waals surface area contributed by atoms with E-state index in [9.17, 15) is 9.59 Å². The van der Waals surface area contributed by atoms with Gasteiger partial charge in [0.05, 0.1) is 6.61 Å². The van der Waals surface area contributed by atoms with E-state index >= 15 is 0 Å². The van der Waals surface area contributed by atoms with Crippen LogP contribution in [0, 0.1) is 0 Å². The van der Waals surface area contributed by atoms with Gasteiger partial charge in [-0.3, -0.25) is 4.79 Å². The van der Waals surface area contributed by atoms with Gasteiger partial charge in [-0.05, 0) is 30.2 Å². The highest BCUT2D eigenvalue weighted by molar-refractivity contribution is 5.86. The second-order valence-corrected chi connectivity index (χ2v) is 4.68. The molecule has 110 valence electrons. The van der Waals surface area contributed by atoms with Crippen LogP contribution in [0.1, 0.15) is 43.2 Å². The lowest BCUT2D eigenvalue weighted by Crippen LogP contribution is -2.35. The van der Waals surface area contributed by atoms with Gasteiger partial charge in [-0.15, -0.1) is 5.10 Å². The predicted octanol–water partition coefficient (Wildman–Crippen LogP) is 0.252. The Morgan fingerprint density at radius 2 is 1.90 bits per heavy atom. The van der Waals surface area contributed by atoms with Crippen LogP contribution in [0.25, 0.3) is 0 Å². The van der Waals surface area contributed by atoms with Gasteiger partial charge in [0.2, 0.25) is 5.91 Å². The van der Waals surface area contributed by atoms with E-state index in [1.54, 1.807) is 6.92 Å². The topological polar surface area (TPSA) is 90.2 Å². The molecule has 0 bridgehead atoms. The van der Waals surface area contributed by atoms with Crippen LogP contribution in [0.15, 0.2) is 0 Å². The fourth-order valence-electron chi connectivity index (χ4n) is 2.20. The van der Waals surface area contributed by atoms with Crippen molar-refractivity contribution in [2.75, 3.05) is 19.7 Å². The van der Waals surface area contributed by atoms with E-state index in [2.05, 4.69) is 15.5 Å². The number of rotatable bonds is 4. The number of amides is 1. The van der Waals surface area contributed by atoms with Crippen molar-refractivity contribution in [3.05, 3.63) is 5.82 Å². The molecule has 0 aromatic carbocycles. The van der Waals surface area contributed by atoms with Gasteiger partial charge in [0.25, 0.3) is 5.82 Å².